The SMILES string of the molecule is CCCNC(CCc1c(Br)nnn1C)c1ccccc1. The van der Waals surface area contributed by atoms with E-state index in [-0.39, 0.29) is 0 Å². The van der Waals surface area contributed by atoms with Gasteiger partial charge in [0.25, 0.3) is 0 Å². The third-order valence-corrected chi connectivity index (χ3v) is 4.02. The molecule has 1 heterocycles. The highest BCUT2D eigenvalue weighted by molar-refractivity contribution is 9.10. The number of nitrogens with one attached hydrogen (secondary N) is 1. The Hall–Kier alpha value is -1.20. The number of hydrogen-bond donors (Lipinski definition) is 1. The van der Waals surface area contributed by atoms with Crippen LogP contribution in [0, 0.1) is 0 Å². The lowest BCUT2D eigenvalue weighted by atomic mass is 10.0. The predicted octanol–water partition coefficient (Wildman–Crippen LogP) is 3.25. The summed E-state index contributed by atoms with van der Waals surface area (Å²) in [6, 6.07) is 11.0. The van der Waals surface area contributed by atoms with Crippen LogP contribution in [0.4, 0.5) is 0 Å². The van der Waals surface area contributed by atoms with E-state index in [0.29, 0.717) is 6.04 Å². The fourth-order valence-electron chi connectivity index (χ4n) is 2.29. The summed E-state index contributed by atoms with van der Waals surface area (Å²) in [6.07, 6.45) is 3.12. The van der Waals surface area contributed by atoms with Crippen LogP contribution in [0.25, 0.3) is 0 Å². The Kier molecular flexibility index (Phi) is 5.73. The van der Waals surface area contributed by atoms with Crippen LogP contribution in [0.15, 0.2) is 34.9 Å². The molecule has 0 aliphatic heterocycles. The number of hydrogen-bond acceptors (Lipinski definition) is 3. The minimum Gasteiger partial charge on any atom is -0.310 e. The molecule has 5 heteroatoms. The lowest BCUT2D eigenvalue weighted by Gasteiger charge is -2.19. The standard InChI is InChI=1S/C15H21BrN4/c1-3-11-17-13(12-7-5-4-6-8-12)9-10-14-15(16)18-19-20(14)2/h4-8,13,17H,3,9-11H2,1-2H3. The van der Waals surface area contributed by atoms with Crippen molar-refractivity contribution in [1.82, 2.24) is 20.3 Å². The van der Waals surface area contributed by atoms with Crippen molar-refractivity contribution in [2.75, 3.05) is 6.54 Å². The summed E-state index contributed by atoms with van der Waals surface area (Å²) < 4.78 is 2.69. The first-order chi connectivity index (χ1) is 9.72. The van der Waals surface area contributed by atoms with Gasteiger partial charge < -0.3 is 5.32 Å². The van der Waals surface area contributed by atoms with Crippen molar-refractivity contribution in [3.05, 3.63) is 46.2 Å². The summed E-state index contributed by atoms with van der Waals surface area (Å²) in [7, 11) is 1.93. The van der Waals surface area contributed by atoms with Crippen LogP contribution in [0.5, 0.6) is 0 Å². The molecule has 0 aliphatic rings. The van der Waals surface area contributed by atoms with Gasteiger partial charge in [-0.2, -0.15) is 0 Å². The van der Waals surface area contributed by atoms with Gasteiger partial charge in [0.05, 0.1) is 5.69 Å². The van der Waals surface area contributed by atoms with Crippen LogP contribution in [0.2, 0.25) is 0 Å². The molecule has 0 bridgehead atoms. The Labute approximate surface area is 128 Å². The van der Waals surface area contributed by atoms with Crippen LogP contribution in [0.1, 0.15) is 37.1 Å². The van der Waals surface area contributed by atoms with E-state index in [2.05, 4.69) is 68.8 Å². The van der Waals surface area contributed by atoms with Crippen molar-refractivity contribution in [3.8, 4) is 0 Å². The average Bonchev–Trinajstić information content (AvgIpc) is 2.79. The van der Waals surface area contributed by atoms with Gasteiger partial charge in [0.15, 0.2) is 4.60 Å². The van der Waals surface area contributed by atoms with E-state index in [1.807, 2.05) is 11.7 Å². The minimum atomic E-state index is 0.373. The molecule has 0 saturated heterocycles. The molecule has 0 saturated carbocycles. The van der Waals surface area contributed by atoms with Crippen LogP contribution in [0.3, 0.4) is 0 Å². The number of benzene rings is 1. The number of aromatic nitrogens is 3. The van der Waals surface area contributed by atoms with Crippen molar-refractivity contribution < 1.29 is 0 Å². The summed E-state index contributed by atoms with van der Waals surface area (Å²) in [5, 5.41) is 11.7. The molecule has 2 rings (SSSR count). The lowest BCUT2D eigenvalue weighted by molar-refractivity contribution is 0.491. The van der Waals surface area contributed by atoms with E-state index < -0.39 is 0 Å². The number of halogens is 1. The molecule has 2 aromatic rings. The van der Waals surface area contributed by atoms with Gasteiger partial charge in [-0.15, -0.1) is 5.10 Å². The van der Waals surface area contributed by atoms with Crippen molar-refractivity contribution in [2.45, 2.75) is 32.2 Å². The van der Waals surface area contributed by atoms with Gasteiger partial charge in [-0.25, -0.2) is 0 Å². The number of rotatable bonds is 7. The Morgan fingerprint density at radius 1 is 1.30 bits per heavy atom. The minimum absolute atomic E-state index is 0.373. The molecule has 1 aromatic carbocycles. The second-order valence-electron chi connectivity index (χ2n) is 4.91. The summed E-state index contributed by atoms with van der Waals surface area (Å²) in [4.78, 5) is 0. The summed E-state index contributed by atoms with van der Waals surface area (Å²) in [5.41, 5.74) is 2.48. The zero-order valence-electron chi connectivity index (χ0n) is 12.0. The molecule has 108 valence electrons. The van der Waals surface area contributed by atoms with E-state index in [1.54, 1.807) is 0 Å². The Morgan fingerprint density at radius 3 is 2.65 bits per heavy atom. The van der Waals surface area contributed by atoms with Crippen molar-refractivity contribution in [2.24, 2.45) is 7.05 Å². The molecule has 1 unspecified atom stereocenters. The number of aryl methyl sites for hydroxylation is 1. The molecular formula is C15H21BrN4. The van der Waals surface area contributed by atoms with Crippen LogP contribution in [-0.2, 0) is 13.5 Å². The first-order valence-electron chi connectivity index (χ1n) is 7.04. The van der Waals surface area contributed by atoms with Crippen LogP contribution < -0.4 is 5.32 Å². The largest absolute Gasteiger partial charge is 0.310 e. The first kappa shape index (κ1) is 15.2. The quantitative estimate of drug-likeness (QED) is 0.843. The summed E-state index contributed by atoms with van der Waals surface area (Å²) in [5.74, 6) is 0. The molecule has 0 amide bonds. The molecule has 20 heavy (non-hydrogen) atoms. The molecule has 0 spiro atoms. The van der Waals surface area contributed by atoms with Crippen molar-refractivity contribution in [3.63, 3.8) is 0 Å². The fourth-order valence-corrected chi connectivity index (χ4v) is 2.81. The van der Waals surface area contributed by atoms with E-state index in [4.69, 9.17) is 0 Å². The first-order valence-corrected chi connectivity index (χ1v) is 7.84. The maximum absolute atomic E-state index is 4.04. The van der Waals surface area contributed by atoms with Crippen LogP contribution in [-0.4, -0.2) is 21.5 Å². The Bertz CT molecular complexity index is 504. The summed E-state index contributed by atoms with van der Waals surface area (Å²) in [6.45, 7) is 3.22. The molecule has 0 fully saturated rings. The van der Waals surface area contributed by atoms with E-state index >= 15 is 0 Å². The smallest absolute Gasteiger partial charge is 0.151 e. The highest BCUT2D eigenvalue weighted by Gasteiger charge is 2.14. The topological polar surface area (TPSA) is 42.7 Å². The Morgan fingerprint density at radius 2 is 2.05 bits per heavy atom. The van der Waals surface area contributed by atoms with Gasteiger partial charge in [-0.1, -0.05) is 42.5 Å². The van der Waals surface area contributed by atoms with Crippen molar-refractivity contribution in [1.29, 1.82) is 0 Å². The van der Waals surface area contributed by atoms with E-state index in [1.165, 1.54) is 5.56 Å². The van der Waals surface area contributed by atoms with Gasteiger partial charge in [-0.3, -0.25) is 4.68 Å². The highest BCUT2D eigenvalue weighted by atomic mass is 79.9. The van der Waals surface area contributed by atoms with Gasteiger partial charge in [-0.05, 0) is 47.3 Å². The van der Waals surface area contributed by atoms with Crippen LogP contribution >= 0.6 is 15.9 Å². The van der Waals surface area contributed by atoms with Gasteiger partial charge in [0, 0.05) is 13.1 Å². The third kappa shape index (κ3) is 3.90. The molecule has 1 N–H and O–H groups in total. The Balaban J connectivity index is 2.05. The fraction of sp³-hybridized carbons (Fsp3) is 0.467. The molecule has 1 aromatic heterocycles. The zero-order valence-corrected chi connectivity index (χ0v) is 13.6. The molecule has 1 atom stereocenters. The van der Waals surface area contributed by atoms with E-state index in [0.717, 1.165) is 36.1 Å². The molecular weight excluding hydrogens is 316 g/mol. The highest BCUT2D eigenvalue weighted by Crippen LogP contribution is 2.21. The summed E-state index contributed by atoms with van der Waals surface area (Å²) >= 11 is 3.46. The number of nitrogens with zero attached hydrogens (tertiary/aromatic N) is 3. The molecule has 0 aliphatic carbocycles. The second-order valence-corrected chi connectivity index (χ2v) is 5.66. The zero-order chi connectivity index (χ0) is 14.4. The average molecular weight is 337 g/mol. The van der Waals surface area contributed by atoms with Gasteiger partial charge in [0.2, 0.25) is 0 Å². The van der Waals surface area contributed by atoms with Crippen molar-refractivity contribution >= 4 is 15.9 Å². The van der Waals surface area contributed by atoms with Gasteiger partial charge >= 0.3 is 0 Å². The molecule has 0 radical (unpaired) electrons. The van der Waals surface area contributed by atoms with Gasteiger partial charge in [0.1, 0.15) is 0 Å². The van der Waals surface area contributed by atoms with E-state index in [9.17, 15) is 0 Å². The maximum atomic E-state index is 4.04. The predicted molar refractivity (Wildman–Crippen MR) is 84.5 cm³/mol. The second kappa shape index (κ2) is 7.55. The lowest BCUT2D eigenvalue weighted by Crippen LogP contribution is -2.23. The monoisotopic (exact) mass is 336 g/mol. The molecule has 4 nitrogen and oxygen atoms in total. The third-order valence-electron chi connectivity index (χ3n) is 3.41. The maximum Gasteiger partial charge on any atom is 0.151 e. The normalized spacial score (nSPS) is 12.6.